The highest BCUT2D eigenvalue weighted by Gasteiger charge is 2.26. The fourth-order valence-electron chi connectivity index (χ4n) is 2.96. The van der Waals surface area contributed by atoms with Crippen LogP contribution in [0.25, 0.3) is 0 Å². The van der Waals surface area contributed by atoms with Gasteiger partial charge in [0, 0.05) is 19.1 Å². The van der Waals surface area contributed by atoms with E-state index in [4.69, 9.17) is 5.73 Å². The largest absolute Gasteiger partial charge is 0.327 e. The molecular formula is C15H23FN2O2S. The Morgan fingerprint density at radius 2 is 2.05 bits per heavy atom. The van der Waals surface area contributed by atoms with Crippen LogP contribution < -0.4 is 5.73 Å². The molecule has 0 aromatic heterocycles. The molecule has 0 saturated carbocycles. The lowest BCUT2D eigenvalue weighted by molar-refractivity contribution is 0.246. The van der Waals surface area contributed by atoms with E-state index < -0.39 is 10.0 Å². The Balaban J connectivity index is 1.87. The first kappa shape index (κ1) is 16.4. The SMILES string of the molecule is CS(=O)(=O)N1CCCC(CC(N)Cc2ccc(F)cc2)C1. The molecular weight excluding hydrogens is 291 g/mol. The van der Waals surface area contributed by atoms with Crippen molar-refractivity contribution in [3.05, 3.63) is 35.6 Å². The first-order valence-corrected chi connectivity index (χ1v) is 9.14. The fourth-order valence-corrected chi connectivity index (χ4v) is 3.90. The standard InChI is InChI=1S/C15H23FN2O2S/c1-21(19,20)18-8-2-3-13(11-18)10-15(17)9-12-4-6-14(16)7-5-12/h4-7,13,15H,2-3,8-11,17H2,1H3. The maximum atomic E-state index is 12.9. The summed E-state index contributed by atoms with van der Waals surface area (Å²) < 4.78 is 37.6. The summed E-state index contributed by atoms with van der Waals surface area (Å²) >= 11 is 0. The van der Waals surface area contributed by atoms with Gasteiger partial charge in [0.05, 0.1) is 6.26 Å². The van der Waals surface area contributed by atoms with E-state index in [1.165, 1.54) is 18.4 Å². The van der Waals surface area contributed by atoms with Gasteiger partial charge in [0.2, 0.25) is 10.0 Å². The van der Waals surface area contributed by atoms with E-state index in [2.05, 4.69) is 0 Å². The molecule has 1 aromatic carbocycles. The van der Waals surface area contributed by atoms with Crippen molar-refractivity contribution in [1.82, 2.24) is 4.31 Å². The second kappa shape index (κ2) is 6.85. The molecule has 1 aliphatic heterocycles. The van der Waals surface area contributed by atoms with Crippen LogP contribution in [-0.2, 0) is 16.4 Å². The quantitative estimate of drug-likeness (QED) is 0.901. The molecule has 0 aliphatic carbocycles. The third-order valence-corrected chi connectivity index (χ3v) is 5.27. The number of benzene rings is 1. The van der Waals surface area contributed by atoms with Gasteiger partial charge in [0.25, 0.3) is 0 Å². The molecule has 0 spiro atoms. The summed E-state index contributed by atoms with van der Waals surface area (Å²) in [5.41, 5.74) is 7.18. The van der Waals surface area contributed by atoms with Crippen molar-refractivity contribution in [2.75, 3.05) is 19.3 Å². The molecule has 1 saturated heterocycles. The first-order valence-electron chi connectivity index (χ1n) is 7.30. The second-order valence-corrected chi connectivity index (χ2v) is 7.94. The number of nitrogens with two attached hydrogens (primary N) is 1. The molecule has 118 valence electrons. The van der Waals surface area contributed by atoms with Crippen molar-refractivity contribution in [2.24, 2.45) is 11.7 Å². The number of rotatable bonds is 5. The summed E-state index contributed by atoms with van der Waals surface area (Å²) in [7, 11) is -3.11. The average molecular weight is 314 g/mol. The normalized spacial score (nSPS) is 22.1. The average Bonchev–Trinajstić information content (AvgIpc) is 2.41. The lowest BCUT2D eigenvalue weighted by Gasteiger charge is -2.32. The molecule has 2 rings (SSSR count). The number of sulfonamides is 1. The molecule has 6 heteroatoms. The molecule has 4 nitrogen and oxygen atoms in total. The topological polar surface area (TPSA) is 63.4 Å². The Morgan fingerprint density at radius 3 is 2.67 bits per heavy atom. The third kappa shape index (κ3) is 5.05. The maximum Gasteiger partial charge on any atom is 0.211 e. The minimum atomic E-state index is -3.11. The highest BCUT2D eigenvalue weighted by atomic mass is 32.2. The summed E-state index contributed by atoms with van der Waals surface area (Å²) in [6, 6.07) is 6.35. The van der Waals surface area contributed by atoms with Gasteiger partial charge in [-0.3, -0.25) is 0 Å². The van der Waals surface area contributed by atoms with E-state index in [0.717, 1.165) is 24.8 Å². The highest BCUT2D eigenvalue weighted by molar-refractivity contribution is 7.88. The monoisotopic (exact) mass is 314 g/mol. The van der Waals surface area contributed by atoms with Crippen molar-refractivity contribution < 1.29 is 12.8 Å². The number of nitrogens with zero attached hydrogens (tertiary/aromatic N) is 1. The van der Waals surface area contributed by atoms with Gasteiger partial charge in [-0.2, -0.15) is 0 Å². The van der Waals surface area contributed by atoms with Crippen LogP contribution in [-0.4, -0.2) is 38.1 Å². The van der Waals surface area contributed by atoms with Crippen LogP contribution in [0.5, 0.6) is 0 Å². The van der Waals surface area contributed by atoms with Gasteiger partial charge in [0.15, 0.2) is 0 Å². The maximum absolute atomic E-state index is 12.9. The molecule has 0 bridgehead atoms. The van der Waals surface area contributed by atoms with Gasteiger partial charge < -0.3 is 5.73 Å². The zero-order chi connectivity index (χ0) is 15.5. The number of hydrogen-bond acceptors (Lipinski definition) is 3. The Hall–Kier alpha value is -0.980. The van der Waals surface area contributed by atoms with Crippen LogP contribution in [0, 0.1) is 11.7 Å². The lowest BCUT2D eigenvalue weighted by Crippen LogP contribution is -2.41. The van der Waals surface area contributed by atoms with E-state index in [1.54, 1.807) is 16.4 Å². The number of hydrogen-bond donors (Lipinski definition) is 1. The Bertz CT molecular complexity index is 560. The Labute approximate surface area is 126 Å². The molecule has 1 heterocycles. The lowest BCUT2D eigenvalue weighted by atomic mass is 9.90. The molecule has 1 fully saturated rings. The van der Waals surface area contributed by atoms with Crippen molar-refractivity contribution in [2.45, 2.75) is 31.7 Å². The third-order valence-electron chi connectivity index (χ3n) is 4.00. The number of halogens is 1. The van der Waals surface area contributed by atoms with Crippen LogP contribution in [0.2, 0.25) is 0 Å². The Morgan fingerprint density at radius 1 is 1.38 bits per heavy atom. The highest BCUT2D eigenvalue weighted by Crippen LogP contribution is 2.23. The van der Waals surface area contributed by atoms with E-state index in [-0.39, 0.29) is 11.9 Å². The predicted octanol–water partition coefficient (Wildman–Crippen LogP) is 1.76. The Kier molecular flexibility index (Phi) is 5.35. The van der Waals surface area contributed by atoms with Crippen molar-refractivity contribution in [3.63, 3.8) is 0 Å². The fraction of sp³-hybridized carbons (Fsp3) is 0.600. The van der Waals surface area contributed by atoms with E-state index in [1.807, 2.05) is 0 Å². The van der Waals surface area contributed by atoms with Crippen LogP contribution in [0.4, 0.5) is 4.39 Å². The molecule has 21 heavy (non-hydrogen) atoms. The van der Waals surface area contributed by atoms with Gasteiger partial charge in [-0.1, -0.05) is 12.1 Å². The van der Waals surface area contributed by atoms with Crippen molar-refractivity contribution in [3.8, 4) is 0 Å². The smallest absolute Gasteiger partial charge is 0.211 e. The molecule has 0 amide bonds. The molecule has 1 aromatic rings. The second-order valence-electron chi connectivity index (χ2n) is 5.96. The molecule has 2 N–H and O–H groups in total. The summed E-state index contributed by atoms with van der Waals surface area (Å²) in [5.74, 6) is 0.0623. The van der Waals surface area contributed by atoms with Gasteiger partial charge in [-0.15, -0.1) is 0 Å². The molecule has 0 radical (unpaired) electrons. The van der Waals surface area contributed by atoms with Crippen LogP contribution in [0.15, 0.2) is 24.3 Å². The summed E-state index contributed by atoms with van der Waals surface area (Å²) in [4.78, 5) is 0. The van der Waals surface area contributed by atoms with Gasteiger partial charge >= 0.3 is 0 Å². The van der Waals surface area contributed by atoms with Crippen molar-refractivity contribution >= 4 is 10.0 Å². The predicted molar refractivity (Wildman–Crippen MR) is 81.8 cm³/mol. The van der Waals surface area contributed by atoms with E-state index in [0.29, 0.717) is 25.4 Å². The van der Waals surface area contributed by atoms with Crippen molar-refractivity contribution in [1.29, 1.82) is 0 Å². The minimum absolute atomic E-state index is 0.0278. The molecule has 2 unspecified atom stereocenters. The first-order chi connectivity index (χ1) is 9.84. The zero-order valence-corrected chi connectivity index (χ0v) is 13.2. The number of piperidine rings is 1. The van der Waals surface area contributed by atoms with Crippen LogP contribution in [0.1, 0.15) is 24.8 Å². The van der Waals surface area contributed by atoms with Crippen LogP contribution >= 0.6 is 0 Å². The summed E-state index contributed by atoms with van der Waals surface area (Å²) in [6.07, 6.45) is 4.65. The summed E-state index contributed by atoms with van der Waals surface area (Å²) in [5, 5.41) is 0. The molecule has 2 atom stereocenters. The van der Waals surface area contributed by atoms with Gasteiger partial charge in [-0.25, -0.2) is 17.1 Å². The summed E-state index contributed by atoms with van der Waals surface area (Å²) in [6.45, 7) is 1.18. The zero-order valence-electron chi connectivity index (χ0n) is 12.3. The van der Waals surface area contributed by atoms with E-state index in [9.17, 15) is 12.8 Å². The van der Waals surface area contributed by atoms with Gasteiger partial charge in [0.1, 0.15) is 5.82 Å². The van der Waals surface area contributed by atoms with Crippen LogP contribution in [0.3, 0.4) is 0 Å². The minimum Gasteiger partial charge on any atom is -0.327 e. The van der Waals surface area contributed by atoms with E-state index >= 15 is 0 Å². The molecule has 1 aliphatic rings. The van der Waals surface area contributed by atoms with Gasteiger partial charge in [-0.05, 0) is 49.3 Å².